The Hall–Kier alpha value is -1.91. The number of amides is 1. The Balaban J connectivity index is 2.03. The molecule has 0 saturated carbocycles. The van der Waals surface area contributed by atoms with E-state index in [1.165, 1.54) is 42.1 Å². The molecule has 0 spiro atoms. The summed E-state index contributed by atoms with van der Waals surface area (Å²) in [6.45, 7) is 3.01. The number of pyridine rings is 1. The first kappa shape index (κ1) is 19.4. The number of rotatable bonds is 5. The average molecular weight is 372 g/mol. The quantitative estimate of drug-likeness (QED) is 0.669. The highest BCUT2D eigenvalue weighted by Gasteiger charge is 2.30. The van der Waals surface area contributed by atoms with Crippen molar-refractivity contribution in [3.05, 3.63) is 28.2 Å². The van der Waals surface area contributed by atoms with Gasteiger partial charge in [-0.2, -0.15) is 17.0 Å². The summed E-state index contributed by atoms with van der Waals surface area (Å²) >= 11 is 0. The van der Waals surface area contributed by atoms with Gasteiger partial charge in [0.1, 0.15) is 6.54 Å². The highest BCUT2D eigenvalue weighted by atomic mass is 32.2. The van der Waals surface area contributed by atoms with Crippen LogP contribution < -0.4 is 10.2 Å². The predicted molar refractivity (Wildman–Crippen MR) is 92.8 cm³/mol. The van der Waals surface area contributed by atoms with E-state index in [2.05, 4.69) is 0 Å². The molecule has 1 amide bonds. The van der Waals surface area contributed by atoms with E-state index < -0.39 is 10.2 Å². The molecular weight excluding hydrogens is 348 g/mol. The summed E-state index contributed by atoms with van der Waals surface area (Å²) in [5, 5.41) is 0. The maximum Gasteiger partial charge on any atom is 0.281 e. The lowest BCUT2D eigenvalue weighted by Gasteiger charge is -2.35. The number of nitrogens with zero attached hydrogens (tertiary/aromatic N) is 4. The number of carbonyl (C=O) groups excluding carboxylic acids is 1. The van der Waals surface area contributed by atoms with Crippen molar-refractivity contribution in [3.8, 4) is 5.75 Å². The predicted octanol–water partition coefficient (Wildman–Crippen LogP) is -0.884. The van der Waals surface area contributed by atoms with Crippen LogP contribution in [0, 0.1) is 6.92 Å². The van der Waals surface area contributed by atoms with Crippen LogP contribution in [-0.2, 0) is 21.5 Å². The first-order valence-corrected chi connectivity index (χ1v) is 9.27. The maximum atomic E-state index is 12.5. The van der Waals surface area contributed by atoms with E-state index in [-0.39, 0.29) is 36.7 Å². The Morgan fingerprint density at radius 3 is 2.36 bits per heavy atom. The van der Waals surface area contributed by atoms with Crippen molar-refractivity contribution in [2.24, 2.45) is 0 Å². The molecule has 25 heavy (non-hydrogen) atoms. The van der Waals surface area contributed by atoms with E-state index in [0.717, 1.165) is 0 Å². The lowest BCUT2D eigenvalue weighted by molar-refractivity contribution is -0.133. The van der Waals surface area contributed by atoms with Crippen molar-refractivity contribution in [3.63, 3.8) is 0 Å². The van der Waals surface area contributed by atoms with Crippen LogP contribution in [0.4, 0.5) is 0 Å². The molecule has 10 heteroatoms. The molecule has 0 aromatic carbocycles. The van der Waals surface area contributed by atoms with Crippen LogP contribution in [0.15, 0.2) is 17.1 Å². The summed E-state index contributed by atoms with van der Waals surface area (Å²) in [6.07, 6.45) is 1.52. The molecular formula is C15H24N4O5S. The van der Waals surface area contributed by atoms with Gasteiger partial charge in [0, 0.05) is 52.0 Å². The van der Waals surface area contributed by atoms with Crippen molar-refractivity contribution in [1.29, 1.82) is 0 Å². The van der Waals surface area contributed by atoms with Gasteiger partial charge in [0.2, 0.25) is 11.3 Å². The van der Waals surface area contributed by atoms with Gasteiger partial charge in [-0.1, -0.05) is 0 Å². The van der Waals surface area contributed by atoms with Crippen LogP contribution in [0.2, 0.25) is 0 Å². The third-order valence-electron chi connectivity index (χ3n) is 4.21. The number of aryl methyl sites for hydroxylation is 1. The minimum Gasteiger partial charge on any atom is -0.491 e. The summed E-state index contributed by atoms with van der Waals surface area (Å²) < 4.78 is 33.4. The van der Waals surface area contributed by atoms with Gasteiger partial charge in [0.05, 0.1) is 13.3 Å². The number of carbonyl (C=O) groups is 1. The van der Waals surface area contributed by atoms with Gasteiger partial charge in [-0.3, -0.25) is 9.59 Å². The Morgan fingerprint density at radius 2 is 1.84 bits per heavy atom. The van der Waals surface area contributed by atoms with Gasteiger partial charge in [0.25, 0.3) is 10.2 Å². The van der Waals surface area contributed by atoms with Gasteiger partial charge in [-0.05, 0) is 6.92 Å². The van der Waals surface area contributed by atoms with Crippen LogP contribution >= 0.6 is 0 Å². The third-order valence-corrected chi connectivity index (χ3v) is 6.15. The Morgan fingerprint density at radius 1 is 1.24 bits per heavy atom. The summed E-state index contributed by atoms with van der Waals surface area (Å²) in [4.78, 5) is 25.8. The lowest BCUT2D eigenvalue weighted by Crippen LogP contribution is -2.53. The summed E-state index contributed by atoms with van der Waals surface area (Å²) in [5.74, 6) is 0.0519. The molecule has 1 aliphatic heterocycles. The summed E-state index contributed by atoms with van der Waals surface area (Å²) in [6, 6.07) is 1.42. The van der Waals surface area contributed by atoms with Crippen LogP contribution in [0.1, 0.15) is 5.69 Å². The van der Waals surface area contributed by atoms with Gasteiger partial charge in [0.15, 0.2) is 5.75 Å². The molecule has 1 aliphatic rings. The molecule has 140 valence electrons. The highest BCUT2D eigenvalue weighted by molar-refractivity contribution is 7.86. The molecule has 0 aliphatic carbocycles. The largest absolute Gasteiger partial charge is 0.491 e. The zero-order chi connectivity index (χ0) is 18.8. The normalized spacial score (nSPS) is 16.3. The van der Waals surface area contributed by atoms with Crippen molar-refractivity contribution < 1.29 is 17.9 Å². The summed E-state index contributed by atoms with van der Waals surface area (Å²) in [5.41, 5.74) is 0.430. The molecule has 1 fully saturated rings. The Kier molecular flexibility index (Phi) is 5.86. The molecule has 0 atom stereocenters. The number of piperazine rings is 1. The molecule has 1 saturated heterocycles. The summed E-state index contributed by atoms with van der Waals surface area (Å²) in [7, 11) is 0.920. The van der Waals surface area contributed by atoms with E-state index in [1.807, 2.05) is 0 Å². The van der Waals surface area contributed by atoms with E-state index in [9.17, 15) is 18.0 Å². The molecule has 0 radical (unpaired) electrons. The van der Waals surface area contributed by atoms with E-state index in [4.69, 9.17) is 4.74 Å². The smallest absolute Gasteiger partial charge is 0.281 e. The first-order chi connectivity index (χ1) is 11.7. The fourth-order valence-corrected chi connectivity index (χ4v) is 3.71. The fraction of sp³-hybridized carbons (Fsp3) is 0.600. The Labute approximate surface area is 147 Å². The second-order valence-electron chi connectivity index (χ2n) is 6.05. The van der Waals surface area contributed by atoms with Crippen LogP contribution in [0.3, 0.4) is 0 Å². The van der Waals surface area contributed by atoms with E-state index in [0.29, 0.717) is 18.8 Å². The van der Waals surface area contributed by atoms with Gasteiger partial charge in [-0.15, -0.1) is 0 Å². The number of aromatic nitrogens is 1. The molecule has 0 bridgehead atoms. The van der Waals surface area contributed by atoms with Crippen LogP contribution in [0.25, 0.3) is 0 Å². The van der Waals surface area contributed by atoms with Gasteiger partial charge >= 0.3 is 0 Å². The number of methoxy groups -OCH3 is 1. The zero-order valence-electron chi connectivity index (χ0n) is 14.9. The lowest BCUT2D eigenvalue weighted by atomic mass is 10.3. The van der Waals surface area contributed by atoms with Crippen LogP contribution in [0.5, 0.6) is 5.75 Å². The third kappa shape index (κ3) is 4.20. The second-order valence-corrected chi connectivity index (χ2v) is 8.19. The SMILES string of the molecule is COc1cn(CC(=O)N2CCN(S(=O)(=O)N(C)C)CC2)c(C)cc1=O. The van der Waals surface area contributed by atoms with E-state index in [1.54, 1.807) is 16.4 Å². The standard InChI is InChI=1S/C15H24N4O5S/c1-12-9-13(20)14(24-4)10-18(12)11-15(21)17-5-7-19(8-6-17)25(22,23)16(2)3/h9-10H,5-8,11H2,1-4H3. The second kappa shape index (κ2) is 7.54. The first-order valence-electron chi connectivity index (χ1n) is 7.87. The number of hydrogen-bond donors (Lipinski definition) is 0. The number of hydrogen-bond acceptors (Lipinski definition) is 5. The monoisotopic (exact) mass is 372 g/mol. The average Bonchev–Trinajstić information content (AvgIpc) is 2.57. The minimum atomic E-state index is -3.46. The molecule has 2 rings (SSSR count). The van der Waals surface area contributed by atoms with Crippen LogP contribution in [-0.4, -0.2) is 79.8 Å². The molecule has 9 nitrogen and oxygen atoms in total. The Bertz CT molecular complexity index is 795. The zero-order valence-corrected chi connectivity index (χ0v) is 15.7. The molecule has 1 aromatic rings. The maximum absolute atomic E-state index is 12.5. The van der Waals surface area contributed by atoms with Crippen molar-refractivity contribution in [2.45, 2.75) is 13.5 Å². The molecule has 0 N–H and O–H groups in total. The van der Waals surface area contributed by atoms with Crippen molar-refractivity contribution in [2.75, 3.05) is 47.4 Å². The molecule has 2 heterocycles. The number of ether oxygens (including phenoxy) is 1. The molecule has 0 unspecified atom stereocenters. The van der Waals surface area contributed by atoms with E-state index >= 15 is 0 Å². The van der Waals surface area contributed by atoms with Gasteiger partial charge < -0.3 is 14.2 Å². The fourth-order valence-electron chi connectivity index (χ4n) is 2.62. The highest BCUT2D eigenvalue weighted by Crippen LogP contribution is 2.11. The van der Waals surface area contributed by atoms with Crippen molar-refractivity contribution >= 4 is 16.1 Å². The van der Waals surface area contributed by atoms with Crippen molar-refractivity contribution in [1.82, 2.24) is 18.1 Å². The topological polar surface area (TPSA) is 92.2 Å². The molecule has 1 aromatic heterocycles. The minimum absolute atomic E-state index is 0.0723. The van der Waals surface area contributed by atoms with Gasteiger partial charge in [-0.25, -0.2) is 0 Å².